The Balaban J connectivity index is 2.96. The Morgan fingerprint density at radius 2 is 1.65 bits per heavy atom. The monoisotopic (exact) mass is 247 g/mol. The number of rotatable bonds is 3. The number of benzene rings is 1. The number of hydrogen-bond donors (Lipinski definition) is 2. The van der Waals surface area contributed by atoms with Crippen LogP contribution in [0.15, 0.2) is 24.3 Å². The first-order valence-electron chi connectivity index (χ1n) is 5.24. The molecule has 0 radical (unpaired) electrons. The van der Waals surface area contributed by atoms with Crippen LogP contribution in [0, 0.1) is 5.41 Å². The first-order chi connectivity index (χ1) is 7.68. The van der Waals surface area contributed by atoms with Crippen molar-refractivity contribution in [1.29, 1.82) is 0 Å². The zero-order chi connectivity index (χ0) is 13.3. The summed E-state index contributed by atoms with van der Waals surface area (Å²) < 4.78 is 37.0. The SMILES string of the molecule is CC(C)(CN)C(O)c1ccc(C(F)(F)F)cc1. The van der Waals surface area contributed by atoms with Crippen LogP contribution in [0.3, 0.4) is 0 Å². The van der Waals surface area contributed by atoms with Gasteiger partial charge in [0.05, 0.1) is 11.7 Å². The summed E-state index contributed by atoms with van der Waals surface area (Å²) in [4.78, 5) is 0. The predicted molar refractivity (Wildman–Crippen MR) is 59.2 cm³/mol. The van der Waals surface area contributed by atoms with Crippen LogP contribution in [0.25, 0.3) is 0 Å². The van der Waals surface area contributed by atoms with Crippen LogP contribution in [0.4, 0.5) is 13.2 Å². The smallest absolute Gasteiger partial charge is 0.388 e. The first-order valence-corrected chi connectivity index (χ1v) is 5.24. The minimum Gasteiger partial charge on any atom is -0.388 e. The summed E-state index contributed by atoms with van der Waals surface area (Å²) in [6.45, 7) is 3.76. The van der Waals surface area contributed by atoms with Crippen molar-refractivity contribution >= 4 is 0 Å². The van der Waals surface area contributed by atoms with Gasteiger partial charge in [0.2, 0.25) is 0 Å². The summed E-state index contributed by atoms with van der Waals surface area (Å²) in [5.74, 6) is 0. The molecule has 3 N–H and O–H groups in total. The Hall–Kier alpha value is -1.07. The van der Waals surface area contributed by atoms with E-state index in [1.807, 2.05) is 0 Å². The summed E-state index contributed by atoms with van der Waals surface area (Å²) in [5, 5.41) is 9.98. The van der Waals surface area contributed by atoms with Crippen LogP contribution in [-0.2, 0) is 6.18 Å². The Morgan fingerprint density at radius 1 is 1.18 bits per heavy atom. The topological polar surface area (TPSA) is 46.2 Å². The average molecular weight is 247 g/mol. The van der Waals surface area contributed by atoms with Gasteiger partial charge >= 0.3 is 6.18 Å². The van der Waals surface area contributed by atoms with E-state index < -0.39 is 23.3 Å². The molecule has 0 aliphatic carbocycles. The lowest BCUT2D eigenvalue weighted by atomic mass is 9.82. The van der Waals surface area contributed by atoms with Crippen LogP contribution in [0.1, 0.15) is 31.1 Å². The van der Waals surface area contributed by atoms with Crippen molar-refractivity contribution in [2.24, 2.45) is 11.1 Å². The molecule has 96 valence electrons. The second-order valence-electron chi connectivity index (χ2n) is 4.72. The summed E-state index contributed by atoms with van der Waals surface area (Å²) in [6, 6.07) is 4.49. The maximum atomic E-state index is 12.3. The Labute approximate surface area is 98.3 Å². The van der Waals surface area contributed by atoms with Crippen molar-refractivity contribution in [1.82, 2.24) is 0 Å². The molecular formula is C12H16F3NO. The van der Waals surface area contributed by atoms with Crippen molar-refractivity contribution in [3.05, 3.63) is 35.4 Å². The highest BCUT2D eigenvalue weighted by Crippen LogP contribution is 2.34. The van der Waals surface area contributed by atoms with Gasteiger partial charge in [-0.05, 0) is 17.7 Å². The van der Waals surface area contributed by atoms with Gasteiger partial charge < -0.3 is 10.8 Å². The number of nitrogens with two attached hydrogens (primary N) is 1. The highest BCUT2D eigenvalue weighted by Gasteiger charge is 2.32. The molecule has 1 unspecified atom stereocenters. The molecule has 0 saturated heterocycles. The normalized spacial score (nSPS) is 14.8. The molecule has 0 amide bonds. The minimum absolute atomic E-state index is 0.245. The van der Waals surface area contributed by atoms with E-state index in [0.29, 0.717) is 5.56 Å². The van der Waals surface area contributed by atoms with Gasteiger partial charge in [-0.25, -0.2) is 0 Å². The fourth-order valence-electron chi connectivity index (χ4n) is 1.42. The summed E-state index contributed by atoms with van der Waals surface area (Å²) >= 11 is 0. The molecule has 0 heterocycles. The molecule has 1 rings (SSSR count). The molecule has 0 aliphatic rings. The number of aliphatic hydroxyl groups is 1. The molecule has 1 atom stereocenters. The second kappa shape index (κ2) is 4.66. The Kier molecular flexibility index (Phi) is 3.84. The molecule has 0 fully saturated rings. The van der Waals surface area contributed by atoms with Gasteiger partial charge in [-0.2, -0.15) is 13.2 Å². The van der Waals surface area contributed by atoms with Crippen molar-refractivity contribution < 1.29 is 18.3 Å². The third kappa shape index (κ3) is 3.20. The molecule has 0 saturated carbocycles. The molecule has 0 aliphatic heterocycles. The molecule has 1 aromatic carbocycles. The fourth-order valence-corrected chi connectivity index (χ4v) is 1.42. The lowest BCUT2D eigenvalue weighted by Gasteiger charge is -2.29. The van der Waals surface area contributed by atoms with Gasteiger partial charge in [0.15, 0.2) is 0 Å². The number of aliphatic hydroxyl groups excluding tert-OH is 1. The van der Waals surface area contributed by atoms with E-state index in [4.69, 9.17) is 5.73 Å². The van der Waals surface area contributed by atoms with Gasteiger partial charge in [-0.15, -0.1) is 0 Å². The first kappa shape index (κ1) is 14.0. The van der Waals surface area contributed by atoms with E-state index >= 15 is 0 Å². The predicted octanol–water partition coefficient (Wildman–Crippen LogP) is 2.72. The number of halogens is 3. The van der Waals surface area contributed by atoms with E-state index in [1.54, 1.807) is 13.8 Å². The molecule has 2 nitrogen and oxygen atoms in total. The van der Waals surface area contributed by atoms with Crippen LogP contribution in [-0.4, -0.2) is 11.7 Å². The van der Waals surface area contributed by atoms with Gasteiger partial charge in [-0.1, -0.05) is 26.0 Å². The van der Waals surface area contributed by atoms with Crippen LogP contribution >= 0.6 is 0 Å². The zero-order valence-corrected chi connectivity index (χ0v) is 9.75. The summed E-state index contributed by atoms with van der Waals surface area (Å²) in [5.41, 5.74) is 4.65. The molecule has 5 heteroatoms. The highest BCUT2D eigenvalue weighted by molar-refractivity contribution is 5.27. The van der Waals surface area contributed by atoms with E-state index in [9.17, 15) is 18.3 Å². The average Bonchev–Trinajstić information content (AvgIpc) is 2.27. The lowest BCUT2D eigenvalue weighted by molar-refractivity contribution is -0.137. The van der Waals surface area contributed by atoms with E-state index in [-0.39, 0.29) is 6.54 Å². The van der Waals surface area contributed by atoms with Crippen LogP contribution < -0.4 is 5.73 Å². The van der Waals surface area contributed by atoms with Crippen molar-refractivity contribution in [2.75, 3.05) is 6.54 Å². The Bertz CT molecular complexity index is 370. The zero-order valence-electron chi connectivity index (χ0n) is 9.75. The second-order valence-corrected chi connectivity index (χ2v) is 4.72. The maximum Gasteiger partial charge on any atom is 0.416 e. The van der Waals surface area contributed by atoms with Crippen molar-refractivity contribution in [3.63, 3.8) is 0 Å². The maximum absolute atomic E-state index is 12.3. The van der Waals surface area contributed by atoms with Gasteiger partial charge in [-0.3, -0.25) is 0 Å². The Morgan fingerprint density at radius 3 is 2.00 bits per heavy atom. The molecule has 0 spiro atoms. The minimum atomic E-state index is -4.35. The van der Waals surface area contributed by atoms with E-state index in [0.717, 1.165) is 12.1 Å². The largest absolute Gasteiger partial charge is 0.416 e. The third-order valence-corrected chi connectivity index (χ3v) is 2.82. The van der Waals surface area contributed by atoms with E-state index in [1.165, 1.54) is 12.1 Å². The molecule has 1 aromatic rings. The fraction of sp³-hybridized carbons (Fsp3) is 0.500. The number of hydrogen-bond acceptors (Lipinski definition) is 2. The summed E-state index contributed by atoms with van der Waals surface area (Å²) in [7, 11) is 0. The molecule has 0 bridgehead atoms. The molecule has 0 aromatic heterocycles. The quantitative estimate of drug-likeness (QED) is 0.862. The third-order valence-electron chi connectivity index (χ3n) is 2.82. The highest BCUT2D eigenvalue weighted by atomic mass is 19.4. The lowest BCUT2D eigenvalue weighted by Crippen LogP contribution is -2.30. The summed E-state index contributed by atoms with van der Waals surface area (Å²) in [6.07, 6.45) is -5.23. The van der Waals surface area contributed by atoms with Gasteiger partial charge in [0, 0.05) is 12.0 Å². The molecular weight excluding hydrogens is 231 g/mol. The van der Waals surface area contributed by atoms with E-state index in [2.05, 4.69) is 0 Å². The van der Waals surface area contributed by atoms with Crippen LogP contribution in [0.2, 0.25) is 0 Å². The van der Waals surface area contributed by atoms with Crippen molar-refractivity contribution in [2.45, 2.75) is 26.1 Å². The number of alkyl halides is 3. The molecule has 17 heavy (non-hydrogen) atoms. The van der Waals surface area contributed by atoms with Gasteiger partial charge in [0.1, 0.15) is 0 Å². The van der Waals surface area contributed by atoms with Gasteiger partial charge in [0.25, 0.3) is 0 Å². The van der Waals surface area contributed by atoms with Crippen molar-refractivity contribution in [3.8, 4) is 0 Å². The van der Waals surface area contributed by atoms with Crippen LogP contribution in [0.5, 0.6) is 0 Å². The standard InChI is InChI=1S/C12H16F3NO/c1-11(2,7-16)10(17)8-3-5-9(6-4-8)12(13,14)15/h3-6,10,17H,7,16H2,1-2H3.